The van der Waals surface area contributed by atoms with Crippen molar-refractivity contribution in [1.29, 1.82) is 0 Å². The average Bonchev–Trinajstić information content (AvgIpc) is 3.24. The summed E-state index contributed by atoms with van der Waals surface area (Å²) in [4.78, 5) is 106. The number of rotatable bonds is 7. The van der Waals surface area contributed by atoms with Crippen LogP contribution in [0.3, 0.4) is 0 Å². The lowest BCUT2D eigenvalue weighted by Gasteiger charge is -2.42. The molecule has 8 atom stereocenters. The van der Waals surface area contributed by atoms with Crippen molar-refractivity contribution in [3.63, 3.8) is 0 Å². The first kappa shape index (κ1) is 40.3. The Balaban J connectivity index is 2.51. The number of hydrogen-bond donors (Lipinski definition) is 0. The number of carbonyl (C=O) groups excluding carboxylic acids is 8. The van der Waals surface area contributed by atoms with Crippen LogP contribution in [0.4, 0.5) is 0 Å². The minimum Gasteiger partial charge on any atom is -0.458 e. The van der Waals surface area contributed by atoms with Gasteiger partial charge in [-0.2, -0.15) is 0 Å². The normalized spacial score (nSPS) is 31.0. The van der Waals surface area contributed by atoms with Gasteiger partial charge in [0.05, 0.1) is 11.5 Å². The second kappa shape index (κ2) is 15.4. The van der Waals surface area contributed by atoms with E-state index in [0.29, 0.717) is 0 Å². The first-order chi connectivity index (χ1) is 23.6. The molecule has 0 aromatic heterocycles. The van der Waals surface area contributed by atoms with E-state index in [2.05, 4.69) is 6.58 Å². The van der Waals surface area contributed by atoms with Crippen LogP contribution >= 0.6 is 0 Å². The summed E-state index contributed by atoms with van der Waals surface area (Å²) in [5.74, 6) is -10.2. The summed E-state index contributed by atoms with van der Waals surface area (Å²) in [6, 6.07) is 7.65. The number of esters is 6. The number of ether oxygens (including phenoxy) is 6. The Hall–Kier alpha value is -5.14. The second-order valence-electron chi connectivity index (χ2n) is 13.5. The van der Waals surface area contributed by atoms with Gasteiger partial charge in [0.15, 0.2) is 35.0 Å². The smallest absolute Gasteiger partial charge is 0.338 e. The molecule has 276 valence electrons. The van der Waals surface area contributed by atoms with Gasteiger partial charge in [0.1, 0.15) is 6.10 Å². The first-order valence-corrected chi connectivity index (χ1v) is 16.2. The summed E-state index contributed by atoms with van der Waals surface area (Å²) in [7, 11) is 0. The summed E-state index contributed by atoms with van der Waals surface area (Å²) >= 11 is 0. The molecule has 14 nitrogen and oxygen atoms in total. The lowest BCUT2D eigenvalue weighted by atomic mass is 9.72. The fourth-order valence-electron chi connectivity index (χ4n) is 6.78. The van der Waals surface area contributed by atoms with E-state index in [1.807, 2.05) is 0 Å². The maximum absolute atomic E-state index is 14.7. The summed E-state index contributed by atoms with van der Waals surface area (Å²) in [5.41, 5.74) is -6.15. The second-order valence-corrected chi connectivity index (χ2v) is 13.5. The molecule has 1 fully saturated rings. The third-order valence-electron chi connectivity index (χ3n) is 8.76. The Morgan fingerprint density at radius 1 is 0.686 bits per heavy atom. The van der Waals surface area contributed by atoms with Gasteiger partial charge in [-0.3, -0.25) is 33.6 Å². The van der Waals surface area contributed by atoms with Gasteiger partial charge in [0.25, 0.3) is 0 Å². The average molecular weight is 713 g/mol. The maximum Gasteiger partial charge on any atom is 0.338 e. The van der Waals surface area contributed by atoms with Gasteiger partial charge in [0.2, 0.25) is 6.10 Å². The van der Waals surface area contributed by atoms with E-state index in [1.165, 1.54) is 52.0 Å². The Morgan fingerprint density at radius 2 is 1.22 bits per heavy atom. The van der Waals surface area contributed by atoms with Crippen LogP contribution in [0.2, 0.25) is 0 Å². The highest BCUT2D eigenvalue weighted by Gasteiger charge is 2.72. The molecule has 2 aliphatic rings. The third kappa shape index (κ3) is 8.78. The van der Waals surface area contributed by atoms with Crippen molar-refractivity contribution >= 4 is 47.4 Å². The standard InChI is InChI=1S/C37H44O14/c1-19-16-17-35(8,9)32(44)30(49-34(45)26-14-12-11-13-15-26)29(47-22(4)39)20(2)28(46-21(3)38)27-33(48-23(5)40)36(10,50-24(6)41)18-37(27,31(19)43)51-25(7)42/h11-17,19,27-30,33H,2,18H2,1,3-10H3/b17-16+/t19-,27+,28+,29+,30-,33-,36-,37-/m1/s1. The van der Waals surface area contributed by atoms with Crippen molar-refractivity contribution in [1.82, 2.24) is 0 Å². The lowest BCUT2D eigenvalue weighted by Crippen LogP contribution is -2.58. The van der Waals surface area contributed by atoms with E-state index in [-0.39, 0.29) is 5.56 Å². The van der Waals surface area contributed by atoms with Crippen molar-refractivity contribution < 1.29 is 66.8 Å². The Bertz CT molecular complexity index is 1640. The monoisotopic (exact) mass is 712 g/mol. The molecular formula is C37H44O14. The summed E-state index contributed by atoms with van der Waals surface area (Å²) < 4.78 is 34.5. The number of benzene rings is 1. The Labute approximate surface area is 295 Å². The minimum absolute atomic E-state index is 0.0458. The molecule has 0 spiro atoms. The Morgan fingerprint density at radius 3 is 1.73 bits per heavy atom. The predicted octanol–water partition coefficient (Wildman–Crippen LogP) is 3.58. The first-order valence-electron chi connectivity index (χ1n) is 16.2. The van der Waals surface area contributed by atoms with E-state index in [4.69, 9.17) is 28.4 Å². The molecule has 3 rings (SSSR count). The van der Waals surface area contributed by atoms with Gasteiger partial charge in [-0.25, -0.2) is 4.79 Å². The number of fused-ring (bicyclic) bond motifs is 1. The largest absolute Gasteiger partial charge is 0.458 e. The highest BCUT2D eigenvalue weighted by atomic mass is 16.6. The van der Waals surface area contributed by atoms with Crippen LogP contribution in [0.1, 0.15) is 79.1 Å². The molecule has 1 aromatic rings. The molecule has 1 aromatic carbocycles. The predicted molar refractivity (Wildman–Crippen MR) is 176 cm³/mol. The van der Waals surface area contributed by atoms with Crippen molar-refractivity contribution in [3.05, 3.63) is 60.2 Å². The molecule has 2 aliphatic carbocycles. The summed E-state index contributed by atoms with van der Waals surface area (Å²) in [6.45, 7) is 15.0. The van der Waals surface area contributed by atoms with Crippen molar-refractivity contribution in [3.8, 4) is 0 Å². The number of ketones is 2. The van der Waals surface area contributed by atoms with E-state index in [1.54, 1.807) is 18.2 Å². The molecular weight excluding hydrogens is 668 g/mol. The molecule has 51 heavy (non-hydrogen) atoms. The van der Waals surface area contributed by atoms with Crippen LogP contribution < -0.4 is 0 Å². The van der Waals surface area contributed by atoms with Crippen LogP contribution in [0, 0.1) is 17.3 Å². The molecule has 0 unspecified atom stereocenters. The fourth-order valence-corrected chi connectivity index (χ4v) is 6.78. The number of allylic oxidation sites excluding steroid dienone is 2. The van der Waals surface area contributed by atoms with Crippen LogP contribution in [0.15, 0.2) is 54.6 Å². The maximum atomic E-state index is 14.7. The minimum atomic E-state index is -2.37. The molecule has 0 aliphatic heterocycles. The third-order valence-corrected chi connectivity index (χ3v) is 8.76. The van der Waals surface area contributed by atoms with Crippen LogP contribution in [-0.4, -0.2) is 83.0 Å². The SMILES string of the molecule is C=C1[C@H](OC(C)=O)[C@H]2[C@@H](OC(C)=O)[C@](C)(OC(C)=O)C[C@]2(OC(C)=O)C(=O)[C@H](C)/C=C/C(C)(C)C(=O)[C@H](OC(=O)c2ccccc2)[C@H]1OC(C)=O. The quantitative estimate of drug-likeness (QED) is 0.226. The molecule has 0 N–H and O–H groups in total. The zero-order valence-corrected chi connectivity index (χ0v) is 30.1. The number of Topliss-reactive ketones (excluding diaryl/α,β-unsaturated/α-hetero) is 2. The van der Waals surface area contributed by atoms with Crippen LogP contribution in [-0.2, 0) is 62.0 Å². The fraction of sp³-hybridized carbons (Fsp3) is 0.514. The topological polar surface area (TPSA) is 192 Å². The Kier molecular flexibility index (Phi) is 12.2. The highest BCUT2D eigenvalue weighted by Crippen LogP contribution is 2.54. The number of hydrogen-bond acceptors (Lipinski definition) is 14. The zero-order valence-electron chi connectivity index (χ0n) is 30.1. The van der Waals surface area contributed by atoms with Gasteiger partial charge in [0, 0.05) is 57.9 Å². The van der Waals surface area contributed by atoms with Gasteiger partial charge >= 0.3 is 35.8 Å². The van der Waals surface area contributed by atoms with Crippen molar-refractivity contribution in [2.24, 2.45) is 17.3 Å². The lowest BCUT2D eigenvalue weighted by molar-refractivity contribution is -0.190. The van der Waals surface area contributed by atoms with Gasteiger partial charge in [-0.1, -0.05) is 43.9 Å². The highest BCUT2D eigenvalue weighted by molar-refractivity contribution is 5.97. The van der Waals surface area contributed by atoms with Gasteiger partial charge < -0.3 is 28.4 Å². The molecule has 0 bridgehead atoms. The van der Waals surface area contributed by atoms with E-state index in [0.717, 1.165) is 34.6 Å². The zero-order chi connectivity index (χ0) is 38.6. The molecule has 0 heterocycles. The van der Waals surface area contributed by atoms with Gasteiger partial charge in [-0.05, 0) is 32.9 Å². The molecule has 1 saturated carbocycles. The number of carbonyl (C=O) groups is 8. The van der Waals surface area contributed by atoms with E-state index >= 15 is 0 Å². The van der Waals surface area contributed by atoms with E-state index in [9.17, 15) is 38.4 Å². The van der Waals surface area contributed by atoms with Crippen LogP contribution in [0.5, 0.6) is 0 Å². The van der Waals surface area contributed by atoms with Crippen LogP contribution in [0.25, 0.3) is 0 Å². The van der Waals surface area contributed by atoms with Crippen molar-refractivity contribution in [2.75, 3.05) is 0 Å². The van der Waals surface area contributed by atoms with E-state index < -0.39 is 112 Å². The molecule has 0 radical (unpaired) electrons. The molecule has 0 amide bonds. The van der Waals surface area contributed by atoms with Crippen molar-refractivity contribution in [2.45, 2.75) is 104 Å². The summed E-state index contributed by atoms with van der Waals surface area (Å²) in [6.07, 6.45) is -5.23. The molecule has 14 heteroatoms. The summed E-state index contributed by atoms with van der Waals surface area (Å²) in [5, 5.41) is 0. The molecule has 0 saturated heterocycles. The van der Waals surface area contributed by atoms with Gasteiger partial charge in [-0.15, -0.1) is 0 Å².